The first kappa shape index (κ1) is 17.6. The molecule has 3 heterocycles. The normalized spacial score (nSPS) is 20.9. The van der Waals surface area contributed by atoms with Gasteiger partial charge in [-0.2, -0.15) is 0 Å². The first-order chi connectivity index (χ1) is 12.5. The summed E-state index contributed by atoms with van der Waals surface area (Å²) in [5.41, 5.74) is 3.23. The van der Waals surface area contributed by atoms with E-state index in [0.29, 0.717) is 5.92 Å². The molecule has 6 heteroatoms. The van der Waals surface area contributed by atoms with Crippen LogP contribution in [0.1, 0.15) is 67.5 Å². The van der Waals surface area contributed by atoms with Crippen LogP contribution in [0.25, 0.3) is 0 Å². The molecule has 1 atom stereocenters. The standard InChI is InChI=1S/C20H25N3O2S/c1-12(2)14-4-6-15(7-5-14)18-17-19(21-13(3)26-18)23(22-20(17)24)16-8-10-25-11-9-16/h4-7,12,16,18H,8-11H2,1-3H3,(H,22,24)/t18-/m0/s1. The zero-order valence-electron chi connectivity index (χ0n) is 15.5. The summed E-state index contributed by atoms with van der Waals surface area (Å²) >= 11 is 1.66. The van der Waals surface area contributed by atoms with Crippen molar-refractivity contribution in [3.63, 3.8) is 0 Å². The van der Waals surface area contributed by atoms with Gasteiger partial charge in [0.15, 0.2) is 5.82 Å². The Hall–Kier alpha value is -1.79. The van der Waals surface area contributed by atoms with Crippen LogP contribution in [0.4, 0.5) is 5.82 Å². The molecule has 0 spiro atoms. The highest BCUT2D eigenvalue weighted by Gasteiger charge is 2.32. The maximum Gasteiger partial charge on any atom is 0.271 e. The van der Waals surface area contributed by atoms with Gasteiger partial charge in [-0.15, -0.1) is 0 Å². The monoisotopic (exact) mass is 371 g/mol. The lowest BCUT2D eigenvalue weighted by molar-refractivity contribution is 0.0666. The lowest BCUT2D eigenvalue weighted by Gasteiger charge is -2.26. The first-order valence-corrected chi connectivity index (χ1v) is 10.2. The van der Waals surface area contributed by atoms with Gasteiger partial charge in [-0.25, -0.2) is 4.99 Å². The Balaban J connectivity index is 1.75. The van der Waals surface area contributed by atoms with Crippen molar-refractivity contribution in [2.45, 2.75) is 50.8 Å². The van der Waals surface area contributed by atoms with Gasteiger partial charge < -0.3 is 4.74 Å². The molecular weight excluding hydrogens is 346 g/mol. The molecule has 0 saturated carbocycles. The molecule has 1 fully saturated rings. The van der Waals surface area contributed by atoms with Crippen molar-refractivity contribution < 1.29 is 4.74 Å². The molecule has 2 aliphatic heterocycles. The highest BCUT2D eigenvalue weighted by atomic mass is 32.2. The Morgan fingerprint density at radius 3 is 2.58 bits per heavy atom. The Kier molecular flexibility index (Phi) is 4.80. The number of aromatic nitrogens is 2. The van der Waals surface area contributed by atoms with Crippen LogP contribution in [0.2, 0.25) is 0 Å². The zero-order chi connectivity index (χ0) is 18.3. The number of nitrogens with zero attached hydrogens (tertiary/aromatic N) is 2. The van der Waals surface area contributed by atoms with Gasteiger partial charge in [-0.05, 0) is 36.8 Å². The molecule has 4 rings (SSSR count). The minimum atomic E-state index is -0.0202. The topological polar surface area (TPSA) is 59.4 Å². The summed E-state index contributed by atoms with van der Waals surface area (Å²) in [7, 11) is 0. The number of H-pyrrole nitrogens is 1. The summed E-state index contributed by atoms with van der Waals surface area (Å²) in [5, 5.41) is 4.05. The Morgan fingerprint density at radius 1 is 1.23 bits per heavy atom. The third-order valence-corrected chi connectivity index (χ3v) is 6.39. The number of benzene rings is 1. The highest BCUT2D eigenvalue weighted by molar-refractivity contribution is 8.14. The summed E-state index contributed by atoms with van der Waals surface area (Å²) in [6.07, 6.45) is 1.82. The van der Waals surface area contributed by atoms with Crippen molar-refractivity contribution in [2.75, 3.05) is 13.2 Å². The van der Waals surface area contributed by atoms with Crippen LogP contribution < -0.4 is 5.56 Å². The van der Waals surface area contributed by atoms with Gasteiger partial charge in [-0.3, -0.25) is 14.6 Å². The molecule has 1 aromatic heterocycles. The molecule has 0 aliphatic carbocycles. The van der Waals surface area contributed by atoms with Crippen LogP contribution in [-0.4, -0.2) is 28.0 Å². The van der Waals surface area contributed by atoms with Gasteiger partial charge in [0.25, 0.3) is 5.56 Å². The quantitative estimate of drug-likeness (QED) is 0.862. The van der Waals surface area contributed by atoms with E-state index in [1.807, 2.05) is 11.6 Å². The average molecular weight is 372 g/mol. The third kappa shape index (κ3) is 3.16. The highest BCUT2D eigenvalue weighted by Crippen LogP contribution is 2.44. The molecule has 0 bridgehead atoms. The molecule has 0 amide bonds. The van der Waals surface area contributed by atoms with E-state index in [9.17, 15) is 4.79 Å². The van der Waals surface area contributed by atoms with Gasteiger partial charge in [-0.1, -0.05) is 49.9 Å². The van der Waals surface area contributed by atoms with Crippen molar-refractivity contribution >= 4 is 22.6 Å². The number of hydrogen-bond acceptors (Lipinski definition) is 4. The molecule has 5 nitrogen and oxygen atoms in total. The number of thioether (sulfide) groups is 1. The van der Waals surface area contributed by atoms with Crippen LogP contribution >= 0.6 is 11.8 Å². The number of rotatable bonds is 3. The number of nitrogens with one attached hydrogen (secondary N) is 1. The molecule has 2 aromatic rings. The van der Waals surface area contributed by atoms with Crippen molar-refractivity contribution in [1.29, 1.82) is 0 Å². The van der Waals surface area contributed by atoms with Gasteiger partial charge in [0, 0.05) is 13.2 Å². The van der Waals surface area contributed by atoms with Crippen LogP contribution in [0.15, 0.2) is 34.1 Å². The Bertz CT molecular complexity index is 873. The van der Waals surface area contributed by atoms with Gasteiger partial charge >= 0.3 is 0 Å². The maximum atomic E-state index is 12.8. The fourth-order valence-corrected chi connectivity index (χ4v) is 4.81. The van der Waals surface area contributed by atoms with E-state index in [1.165, 1.54) is 5.56 Å². The fourth-order valence-electron chi connectivity index (χ4n) is 3.71. The second kappa shape index (κ2) is 7.08. The van der Waals surface area contributed by atoms with Crippen molar-refractivity contribution in [3.05, 3.63) is 51.3 Å². The Morgan fingerprint density at radius 2 is 1.92 bits per heavy atom. The molecule has 0 unspecified atom stereocenters. The minimum Gasteiger partial charge on any atom is -0.381 e. The molecule has 0 radical (unpaired) electrons. The minimum absolute atomic E-state index is 0.00597. The molecular formula is C20H25N3O2S. The van der Waals surface area contributed by atoms with E-state index in [2.05, 4.69) is 43.2 Å². The van der Waals surface area contributed by atoms with Gasteiger partial charge in [0.1, 0.15) is 0 Å². The molecule has 1 N–H and O–H groups in total. The fraction of sp³-hybridized carbons (Fsp3) is 0.500. The van der Waals surface area contributed by atoms with Crippen molar-refractivity contribution in [3.8, 4) is 0 Å². The van der Waals surface area contributed by atoms with Crippen LogP contribution in [0.5, 0.6) is 0 Å². The van der Waals surface area contributed by atoms with E-state index in [1.54, 1.807) is 11.8 Å². The first-order valence-electron chi connectivity index (χ1n) is 9.28. The van der Waals surface area contributed by atoms with Gasteiger partial charge in [0.2, 0.25) is 0 Å². The largest absolute Gasteiger partial charge is 0.381 e. The third-order valence-electron chi connectivity index (χ3n) is 5.21. The second-order valence-electron chi connectivity index (χ2n) is 7.34. The number of hydrogen-bond donors (Lipinski definition) is 1. The second-order valence-corrected chi connectivity index (χ2v) is 8.64. The van der Waals surface area contributed by atoms with E-state index in [4.69, 9.17) is 9.73 Å². The molecule has 26 heavy (non-hydrogen) atoms. The van der Waals surface area contributed by atoms with Crippen LogP contribution in [0.3, 0.4) is 0 Å². The summed E-state index contributed by atoms with van der Waals surface area (Å²) in [4.78, 5) is 17.5. The predicted molar refractivity (Wildman–Crippen MR) is 107 cm³/mol. The molecule has 138 valence electrons. The number of aliphatic imine (C=N–C) groups is 1. The predicted octanol–water partition coefficient (Wildman–Crippen LogP) is 4.54. The SMILES string of the molecule is CC1=Nc2c(c(=O)[nH]n2C2CCOCC2)[C@H](c2ccc(C(C)C)cc2)S1. The smallest absolute Gasteiger partial charge is 0.271 e. The van der Waals surface area contributed by atoms with E-state index in [-0.39, 0.29) is 16.9 Å². The summed E-state index contributed by atoms with van der Waals surface area (Å²) in [6, 6.07) is 8.90. The van der Waals surface area contributed by atoms with Gasteiger partial charge in [0.05, 0.1) is 21.9 Å². The number of ether oxygens (including phenoxy) is 1. The summed E-state index contributed by atoms with van der Waals surface area (Å²) in [6.45, 7) is 7.87. The van der Waals surface area contributed by atoms with E-state index in [0.717, 1.165) is 48.0 Å². The molecule has 1 aromatic carbocycles. The summed E-state index contributed by atoms with van der Waals surface area (Å²) in [5.74, 6) is 1.30. The lowest BCUT2D eigenvalue weighted by atomic mass is 9.99. The molecule has 2 aliphatic rings. The number of fused-ring (bicyclic) bond motifs is 1. The van der Waals surface area contributed by atoms with E-state index < -0.39 is 0 Å². The van der Waals surface area contributed by atoms with Crippen LogP contribution in [-0.2, 0) is 4.74 Å². The van der Waals surface area contributed by atoms with Crippen molar-refractivity contribution in [1.82, 2.24) is 9.78 Å². The summed E-state index contributed by atoms with van der Waals surface area (Å²) < 4.78 is 7.45. The van der Waals surface area contributed by atoms with Crippen molar-refractivity contribution in [2.24, 2.45) is 4.99 Å². The average Bonchev–Trinajstić information content (AvgIpc) is 2.98. The Labute approximate surface area is 157 Å². The van der Waals surface area contributed by atoms with E-state index >= 15 is 0 Å². The molecule has 1 saturated heterocycles. The lowest BCUT2D eigenvalue weighted by Crippen LogP contribution is -2.21. The zero-order valence-corrected chi connectivity index (χ0v) is 16.3. The number of aromatic amines is 1. The maximum absolute atomic E-state index is 12.8. The van der Waals surface area contributed by atoms with Crippen LogP contribution in [0, 0.1) is 0 Å².